The van der Waals surface area contributed by atoms with Gasteiger partial charge in [0.2, 0.25) is 0 Å². The fourth-order valence-corrected chi connectivity index (χ4v) is 2.33. The van der Waals surface area contributed by atoms with Gasteiger partial charge in [-0.25, -0.2) is 4.79 Å². The first-order chi connectivity index (χ1) is 9.63. The number of carbonyl (C=O) groups excluding carboxylic acids is 2. The number of rotatable bonds is 4. The normalized spacial score (nSPS) is 10.1. The van der Waals surface area contributed by atoms with Crippen molar-refractivity contribution in [2.45, 2.75) is 6.92 Å². The maximum absolute atomic E-state index is 12.5. The monoisotopic (exact) mass is 380 g/mol. The number of hydrogen-bond acceptors (Lipinski definition) is 3. The first-order valence-corrected chi connectivity index (χ1v) is 7.27. The first kappa shape index (κ1) is 14.7. The lowest BCUT2D eigenvalue weighted by Crippen LogP contribution is -2.13. The van der Waals surface area contributed by atoms with Crippen LogP contribution in [0.1, 0.15) is 33.2 Å². The third-order valence-electron chi connectivity index (χ3n) is 2.76. The number of benzene rings is 2. The van der Waals surface area contributed by atoms with E-state index in [2.05, 4.69) is 22.6 Å². The predicted molar refractivity (Wildman–Crippen MR) is 85.0 cm³/mol. The molecule has 4 heteroatoms. The molecule has 0 bridgehead atoms. The van der Waals surface area contributed by atoms with Crippen LogP contribution in [0.25, 0.3) is 0 Å². The summed E-state index contributed by atoms with van der Waals surface area (Å²) in [6.45, 7) is 2.02. The van der Waals surface area contributed by atoms with Gasteiger partial charge in [-0.2, -0.15) is 0 Å². The Morgan fingerprint density at radius 3 is 2.40 bits per heavy atom. The summed E-state index contributed by atoms with van der Waals surface area (Å²) >= 11 is 2.10. The van der Waals surface area contributed by atoms with E-state index >= 15 is 0 Å². The van der Waals surface area contributed by atoms with Gasteiger partial charge in [0.05, 0.1) is 12.2 Å². The Labute approximate surface area is 131 Å². The molecular weight excluding hydrogens is 367 g/mol. The average Bonchev–Trinajstić information content (AvgIpc) is 2.47. The van der Waals surface area contributed by atoms with Gasteiger partial charge in [0.1, 0.15) is 0 Å². The fourth-order valence-electron chi connectivity index (χ4n) is 1.84. The molecular formula is C16H13IO3. The number of esters is 1. The van der Waals surface area contributed by atoms with Crippen molar-refractivity contribution in [2.75, 3.05) is 6.61 Å². The van der Waals surface area contributed by atoms with E-state index in [1.807, 2.05) is 6.07 Å². The molecule has 0 aliphatic carbocycles. The van der Waals surface area contributed by atoms with Gasteiger partial charge in [0.15, 0.2) is 5.78 Å². The number of ketones is 1. The van der Waals surface area contributed by atoms with Crippen LogP contribution in [0.15, 0.2) is 48.5 Å². The molecule has 0 saturated carbocycles. The van der Waals surface area contributed by atoms with E-state index in [-0.39, 0.29) is 12.4 Å². The van der Waals surface area contributed by atoms with Crippen LogP contribution >= 0.6 is 22.6 Å². The largest absolute Gasteiger partial charge is 0.462 e. The van der Waals surface area contributed by atoms with Crippen LogP contribution in [0, 0.1) is 3.57 Å². The second kappa shape index (κ2) is 6.65. The van der Waals surface area contributed by atoms with Crippen LogP contribution in [0.3, 0.4) is 0 Å². The maximum atomic E-state index is 12.5. The van der Waals surface area contributed by atoms with Crippen molar-refractivity contribution in [1.82, 2.24) is 0 Å². The van der Waals surface area contributed by atoms with Gasteiger partial charge >= 0.3 is 5.97 Å². The predicted octanol–water partition coefficient (Wildman–Crippen LogP) is 3.70. The van der Waals surface area contributed by atoms with Gasteiger partial charge in [-0.1, -0.05) is 30.3 Å². The van der Waals surface area contributed by atoms with Crippen molar-refractivity contribution < 1.29 is 14.3 Å². The van der Waals surface area contributed by atoms with Crippen LogP contribution in [0.4, 0.5) is 0 Å². The third kappa shape index (κ3) is 3.25. The summed E-state index contributed by atoms with van der Waals surface area (Å²) in [6.07, 6.45) is 0. The van der Waals surface area contributed by atoms with Crippen LogP contribution in [-0.2, 0) is 4.74 Å². The standard InChI is InChI=1S/C16H13IO3/c1-2-20-16(19)14-10-12(17)8-9-13(14)15(18)11-6-4-3-5-7-11/h3-10H,2H2,1H3. The summed E-state index contributed by atoms with van der Waals surface area (Å²) in [5.74, 6) is -0.643. The second-order valence-electron chi connectivity index (χ2n) is 4.11. The minimum Gasteiger partial charge on any atom is -0.462 e. The number of carbonyl (C=O) groups is 2. The van der Waals surface area contributed by atoms with Gasteiger partial charge < -0.3 is 4.74 Å². The molecule has 0 fully saturated rings. The molecule has 2 aromatic rings. The van der Waals surface area contributed by atoms with E-state index < -0.39 is 5.97 Å². The van der Waals surface area contributed by atoms with E-state index in [1.165, 1.54) is 0 Å². The number of ether oxygens (including phenoxy) is 1. The molecule has 0 saturated heterocycles. The highest BCUT2D eigenvalue weighted by molar-refractivity contribution is 14.1. The van der Waals surface area contributed by atoms with Gasteiger partial charge in [-0.05, 0) is 47.7 Å². The smallest absolute Gasteiger partial charge is 0.338 e. The Morgan fingerprint density at radius 1 is 1.05 bits per heavy atom. The Balaban J connectivity index is 2.46. The number of hydrogen-bond donors (Lipinski definition) is 0. The van der Waals surface area contributed by atoms with Gasteiger partial charge in [0, 0.05) is 14.7 Å². The summed E-state index contributed by atoms with van der Waals surface area (Å²) in [5, 5.41) is 0. The highest BCUT2D eigenvalue weighted by Gasteiger charge is 2.19. The van der Waals surface area contributed by atoms with Crippen molar-refractivity contribution in [1.29, 1.82) is 0 Å². The third-order valence-corrected chi connectivity index (χ3v) is 3.43. The summed E-state index contributed by atoms with van der Waals surface area (Å²) < 4.78 is 5.90. The lowest BCUT2D eigenvalue weighted by atomic mass is 9.98. The van der Waals surface area contributed by atoms with E-state index in [0.29, 0.717) is 16.7 Å². The fraction of sp³-hybridized carbons (Fsp3) is 0.125. The molecule has 102 valence electrons. The van der Waals surface area contributed by atoms with Gasteiger partial charge in [-0.3, -0.25) is 4.79 Å². The maximum Gasteiger partial charge on any atom is 0.338 e. The zero-order valence-corrected chi connectivity index (χ0v) is 13.1. The SMILES string of the molecule is CCOC(=O)c1cc(I)ccc1C(=O)c1ccccc1. The average molecular weight is 380 g/mol. The van der Waals surface area contributed by atoms with Crippen LogP contribution in [0.5, 0.6) is 0 Å². The lowest BCUT2D eigenvalue weighted by Gasteiger charge is -2.09. The lowest BCUT2D eigenvalue weighted by molar-refractivity contribution is 0.0523. The minimum atomic E-state index is -0.467. The summed E-state index contributed by atoms with van der Waals surface area (Å²) in [7, 11) is 0. The summed E-state index contributed by atoms with van der Waals surface area (Å²) in [4.78, 5) is 24.5. The highest BCUT2D eigenvalue weighted by atomic mass is 127. The Hall–Kier alpha value is -1.69. The molecule has 0 spiro atoms. The highest BCUT2D eigenvalue weighted by Crippen LogP contribution is 2.19. The molecule has 20 heavy (non-hydrogen) atoms. The molecule has 0 radical (unpaired) electrons. The molecule has 0 atom stereocenters. The molecule has 2 rings (SSSR count). The Kier molecular flexibility index (Phi) is 4.89. The quantitative estimate of drug-likeness (QED) is 0.462. The van der Waals surface area contributed by atoms with E-state index in [9.17, 15) is 9.59 Å². The molecule has 0 aliphatic heterocycles. The van der Waals surface area contributed by atoms with Gasteiger partial charge in [0.25, 0.3) is 0 Å². The number of halogens is 1. The molecule has 2 aromatic carbocycles. The topological polar surface area (TPSA) is 43.4 Å². The van der Waals surface area contributed by atoms with Gasteiger partial charge in [-0.15, -0.1) is 0 Å². The molecule has 0 heterocycles. The van der Waals surface area contributed by atoms with Crippen molar-refractivity contribution in [3.63, 3.8) is 0 Å². The van der Waals surface area contributed by atoms with E-state index in [4.69, 9.17) is 4.74 Å². The van der Waals surface area contributed by atoms with Crippen molar-refractivity contribution in [3.05, 3.63) is 68.8 Å². The van der Waals surface area contributed by atoms with Crippen molar-refractivity contribution in [2.24, 2.45) is 0 Å². The molecule has 0 N–H and O–H groups in total. The van der Waals surface area contributed by atoms with Crippen LogP contribution < -0.4 is 0 Å². The zero-order valence-electron chi connectivity index (χ0n) is 10.9. The molecule has 0 aromatic heterocycles. The molecule has 3 nitrogen and oxygen atoms in total. The van der Waals surface area contributed by atoms with Crippen LogP contribution in [0.2, 0.25) is 0 Å². The molecule has 0 unspecified atom stereocenters. The molecule has 0 aliphatic rings. The summed E-state index contributed by atoms with van der Waals surface area (Å²) in [5.41, 5.74) is 1.24. The Bertz CT molecular complexity index is 635. The minimum absolute atomic E-state index is 0.176. The first-order valence-electron chi connectivity index (χ1n) is 6.20. The Morgan fingerprint density at radius 2 is 1.75 bits per heavy atom. The zero-order chi connectivity index (χ0) is 14.5. The van der Waals surface area contributed by atoms with Crippen molar-refractivity contribution >= 4 is 34.3 Å². The summed E-state index contributed by atoms with van der Waals surface area (Å²) in [6, 6.07) is 14.0. The van der Waals surface area contributed by atoms with Crippen LogP contribution in [-0.4, -0.2) is 18.4 Å². The van der Waals surface area contributed by atoms with E-state index in [0.717, 1.165) is 3.57 Å². The second-order valence-corrected chi connectivity index (χ2v) is 5.35. The molecule has 0 amide bonds. The van der Waals surface area contributed by atoms with Crippen molar-refractivity contribution in [3.8, 4) is 0 Å². The van der Waals surface area contributed by atoms with E-state index in [1.54, 1.807) is 49.4 Å².